The van der Waals surface area contributed by atoms with Gasteiger partial charge in [0.05, 0.1) is 7.11 Å². The van der Waals surface area contributed by atoms with Gasteiger partial charge in [-0.3, -0.25) is 0 Å². The summed E-state index contributed by atoms with van der Waals surface area (Å²) in [5.74, 6) is 0.879. The summed E-state index contributed by atoms with van der Waals surface area (Å²) in [7, 11) is 1.68. The summed E-state index contributed by atoms with van der Waals surface area (Å²) in [4.78, 5) is 0. The average molecular weight is 236 g/mol. The molecule has 0 spiro atoms. The maximum Gasteiger partial charge on any atom is 0.126 e. The first kappa shape index (κ1) is 14.0. The third-order valence-corrected chi connectivity index (χ3v) is 3.35. The van der Waals surface area contributed by atoms with Crippen molar-refractivity contribution in [3.05, 3.63) is 28.8 Å². The highest BCUT2D eigenvalue weighted by Gasteiger charge is 2.29. The monoisotopic (exact) mass is 236 g/mol. The fourth-order valence-corrected chi connectivity index (χ4v) is 2.04. The van der Waals surface area contributed by atoms with Crippen LogP contribution in [0, 0.1) is 19.3 Å². The predicted molar refractivity (Wildman–Crippen MR) is 72.2 cm³/mol. The van der Waals surface area contributed by atoms with E-state index in [1.165, 1.54) is 5.56 Å². The van der Waals surface area contributed by atoms with Gasteiger partial charge in [0, 0.05) is 11.6 Å². The molecule has 0 bridgehead atoms. The average Bonchev–Trinajstić information content (AvgIpc) is 2.27. The van der Waals surface area contributed by atoms with Gasteiger partial charge in [0.15, 0.2) is 0 Å². The van der Waals surface area contributed by atoms with Crippen LogP contribution in [-0.2, 0) is 0 Å². The van der Waals surface area contributed by atoms with Gasteiger partial charge in [-0.1, -0.05) is 31.5 Å². The Labute approximate surface area is 104 Å². The van der Waals surface area contributed by atoms with Crippen LogP contribution in [0.3, 0.4) is 0 Å². The van der Waals surface area contributed by atoms with Crippen molar-refractivity contribution >= 4 is 0 Å². The Morgan fingerprint density at radius 1 is 1.29 bits per heavy atom. The van der Waals surface area contributed by atoms with Crippen molar-refractivity contribution in [1.29, 1.82) is 0 Å². The van der Waals surface area contributed by atoms with Crippen LogP contribution in [-0.4, -0.2) is 13.7 Å². The number of ether oxygens (including phenoxy) is 1. The molecule has 1 unspecified atom stereocenters. The van der Waals surface area contributed by atoms with E-state index in [0.717, 1.165) is 16.9 Å². The number of hydrogen-bond donors (Lipinski definition) is 2. The number of hydrogen-bond acceptors (Lipinski definition) is 3. The molecule has 96 valence electrons. The van der Waals surface area contributed by atoms with E-state index in [1.807, 2.05) is 6.92 Å². The fraction of sp³-hybridized carbons (Fsp3) is 0.571. The van der Waals surface area contributed by atoms with Gasteiger partial charge in [-0.15, -0.1) is 0 Å². The van der Waals surface area contributed by atoms with Gasteiger partial charge < -0.3 is 16.2 Å². The van der Waals surface area contributed by atoms with Gasteiger partial charge >= 0.3 is 0 Å². The third-order valence-electron chi connectivity index (χ3n) is 3.35. The molecule has 3 heteroatoms. The molecule has 0 aliphatic rings. The maximum absolute atomic E-state index is 6.34. The first-order chi connectivity index (χ1) is 7.83. The first-order valence-electron chi connectivity index (χ1n) is 5.94. The lowest BCUT2D eigenvalue weighted by Gasteiger charge is -2.32. The van der Waals surface area contributed by atoms with Crippen molar-refractivity contribution in [2.75, 3.05) is 13.7 Å². The normalized spacial score (nSPS) is 13.6. The Bertz CT molecular complexity index is 399. The van der Waals surface area contributed by atoms with Crippen molar-refractivity contribution < 1.29 is 4.74 Å². The van der Waals surface area contributed by atoms with Crippen molar-refractivity contribution in [2.45, 2.75) is 33.7 Å². The maximum atomic E-state index is 6.34. The summed E-state index contributed by atoms with van der Waals surface area (Å²) in [6, 6.07) is 4.07. The molecule has 3 nitrogen and oxygen atoms in total. The Kier molecular flexibility index (Phi) is 4.17. The zero-order valence-electron chi connectivity index (χ0n) is 11.5. The second-order valence-corrected chi connectivity index (χ2v) is 5.37. The second kappa shape index (κ2) is 5.07. The summed E-state index contributed by atoms with van der Waals surface area (Å²) in [6.45, 7) is 8.81. The van der Waals surface area contributed by atoms with Crippen LogP contribution < -0.4 is 16.2 Å². The highest BCUT2D eigenvalue weighted by Crippen LogP contribution is 2.37. The van der Waals surface area contributed by atoms with E-state index < -0.39 is 0 Å². The van der Waals surface area contributed by atoms with E-state index in [9.17, 15) is 0 Å². The molecule has 1 aromatic rings. The van der Waals surface area contributed by atoms with Crippen LogP contribution >= 0.6 is 0 Å². The van der Waals surface area contributed by atoms with Crippen LogP contribution in [0.2, 0.25) is 0 Å². The Balaban J connectivity index is 3.30. The Hall–Kier alpha value is -1.06. The van der Waals surface area contributed by atoms with Crippen molar-refractivity contribution in [3.8, 4) is 5.75 Å². The van der Waals surface area contributed by atoms with Crippen molar-refractivity contribution in [2.24, 2.45) is 16.9 Å². The lowest BCUT2D eigenvalue weighted by molar-refractivity contribution is 0.291. The smallest absolute Gasteiger partial charge is 0.126 e. The Morgan fingerprint density at radius 3 is 2.35 bits per heavy atom. The molecule has 0 heterocycles. The van der Waals surface area contributed by atoms with Crippen LogP contribution in [0.25, 0.3) is 0 Å². The van der Waals surface area contributed by atoms with Crippen LogP contribution in [0.5, 0.6) is 5.75 Å². The van der Waals surface area contributed by atoms with Crippen molar-refractivity contribution in [1.82, 2.24) is 0 Å². The zero-order valence-corrected chi connectivity index (χ0v) is 11.5. The molecule has 0 aromatic heterocycles. The SMILES string of the molecule is COc1c(C)cc(C)cc1C(N)C(C)(C)CN. The highest BCUT2D eigenvalue weighted by atomic mass is 16.5. The number of methoxy groups -OCH3 is 1. The van der Waals surface area contributed by atoms with Crippen LogP contribution in [0.4, 0.5) is 0 Å². The molecular formula is C14H24N2O. The van der Waals surface area contributed by atoms with E-state index in [1.54, 1.807) is 7.11 Å². The second-order valence-electron chi connectivity index (χ2n) is 5.37. The molecule has 0 radical (unpaired) electrons. The first-order valence-corrected chi connectivity index (χ1v) is 5.94. The van der Waals surface area contributed by atoms with E-state index >= 15 is 0 Å². The minimum atomic E-state index is -0.145. The standard InChI is InChI=1S/C14H24N2O/c1-9-6-10(2)12(17-5)11(7-9)13(16)14(3,4)8-15/h6-7,13H,8,15-16H2,1-5H3. The lowest BCUT2D eigenvalue weighted by Crippen LogP contribution is -2.36. The molecule has 17 heavy (non-hydrogen) atoms. The molecule has 0 saturated carbocycles. The van der Waals surface area contributed by atoms with Crippen molar-refractivity contribution in [3.63, 3.8) is 0 Å². The lowest BCUT2D eigenvalue weighted by atomic mass is 9.80. The molecular weight excluding hydrogens is 212 g/mol. The number of rotatable bonds is 4. The summed E-state index contributed by atoms with van der Waals surface area (Å²) < 4.78 is 5.47. The summed E-state index contributed by atoms with van der Waals surface area (Å²) in [5.41, 5.74) is 15.3. The zero-order chi connectivity index (χ0) is 13.2. The largest absolute Gasteiger partial charge is 0.496 e. The minimum absolute atomic E-state index is 0.124. The molecule has 4 N–H and O–H groups in total. The highest BCUT2D eigenvalue weighted by molar-refractivity contribution is 5.46. The van der Waals surface area contributed by atoms with E-state index in [2.05, 4.69) is 32.9 Å². The number of aryl methyl sites for hydroxylation is 2. The summed E-state index contributed by atoms with van der Waals surface area (Å²) in [6.07, 6.45) is 0. The van der Waals surface area contributed by atoms with Gasteiger partial charge in [0.25, 0.3) is 0 Å². The van der Waals surface area contributed by atoms with Gasteiger partial charge in [-0.2, -0.15) is 0 Å². The van der Waals surface area contributed by atoms with Gasteiger partial charge in [-0.25, -0.2) is 0 Å². The quantitative estimate of drug-likeness (QED) is 0.843. The number of benzene rings is 1. The number of nitrogens with two attached hydrogens (primary N) is 2. The third kappa shape index (κ3) is 2.79. The van der Waals surface area contributed by atoms with E-state index in [0.29, 0.717) is 6.54 Å². The fourth-order valence-electron chi connectivity index (χ4n) is 2.04. The predicted octanol–water partition coefficient (Wildman–Crippen LogP) is 2.30. The van der Waals surface area contributed by atoms with Crippen LogP contribution in [0.1, 0.15) is 36.6 Å². The minimum Gasteiger partial charge on any atom is -0.496 e. The Morgan fingerprint density at radius 2 is 1.88 bits per heavy atom. The van der Waals surface area contributed by atoms with Gasteiger partial charge in [0.2, 0.25) is 0 Å². The molecule has 1 atom stereocenters. The topological polar surface area (TPSA) is 61.3 Å². The van der Waals surface area contributed by atoms with Crippen LogP contribution in [0.15, 0.2) is 12.1 Å². The molecule has 1 aromatic carbocycles. The summed E-state index contributed by atoms with van der Waals surface area (Å²) in [5, 5.41) is 0. The molecule has 0 aliphatic heterocycles. The molecule has 0 fully saturated rings. The molecule has 0 amide bonds. The summed E-state index contributed by atoms with van der Waals surface area (Å²) >= 11 is 0. The molecule has 0 saturated heterocycles. The molecule has 1 rings (SSSR count). The van der Waals surface area contributed by atoms with E-state index in [4.69, 9.17) is 16.2 Å². The molecule has 0 aliphatic carbocycles. The van der Waals surface area contributed by atoms with Gasteiger partial charge in [0.1, 0.15) is 5.75 Å². The van der Waals surface area contributed by atoms with Gasteiger partial charge in [-0.05, 0) is 31.4 Å². The van der Waals surface area contributed by atoms with E-state index in [-0.39, 0.29) is 11.5 Å².